The van der Waals surface area contributed by atoms with Crippen molar-refractivity contribution in [2.45, 2.75) is 24.4 Å². The van der Waals surface area contributed by atoms with E-state index >= 15 is 0 Å². The largest absolute Gasteiger partial charge is 0.321 e. The second-order valence-electron chi connectivity index (χ2n) is 4.95. The number of imide groups is 1. The molecule has 1 saturated heterocycles. The SMILES string of the molecule is CC1(C)C(=O)NC(=O)CN1S(=O)(=O)c1ncccc1NN. The Hall–Kier alpha value is -2.04. The number of aromatic nitrogens is 1. The van der Waals surface area contributed by atoms with Crippen LogP contribution in [-0.4, -0.2) is 41.6 Å². The van der Waals surface area contributed by atoms with Gasteiger partial charge in [-0.3, -0.25) is 20.7 Å². The van der Waals surface area contributed by atoms with Gasteiger partial charge in [-0.15, -0.1) is 0 Å². The van der Waals surface area contributed by atoms with Crippen molar-refractivity contribution in [1.29, 1.82) is 0 Å². The molecular weight excluding hydrogens is 298 g/mol. The highest BCUT2D eigenvalue weighted by Crippen LogP contribution is 2.29. The van der Waals surface area contributed by atoms with E-state index in [4.69, 9.17) is 5.84 Å². The highest BCUT2D eigenvalue weighted by Gasteiger charge is 2.48. The molecule has 2 amide bonds. The predicted molar refractivity (Wildman–Crippen MR) is 73.2 cm³/mol. The van der Waals surface area contributed by atoms with Gasteiger partial charge in [0.1, 0.15) is 5.54 Å². The van der Waals surface area contributed by atoms with Crippen molar-refractivity contribution in [2.24, 2.45) is 5.84 Å². The fraction of sp³-hybridized carbons (Fsp3) is 0.364. The zero-order chi connectivity index (χ0) is 15.8. The second kappa shape index (κ2) is 5.06. The number of carbonyl (C=O) groups excluding carboxylic acids is 2. The maximum atomic E-state index is 12.7. The lowest BCUT2D eigenvalue weighted by molar-refractivity contribution is -0.141. The van der Waals surface area contributed by atoms with Crippen LogP contribution in [0.5, 0.6) is 0 Å². The summed E-state index contributed by atoms with van der Waals surface area (Å²) >= 11 is 0. The molecule has 4 N–H and O–H groups in total. The van der Waals surface area contributed by atoms with Crippen molar-refractivity contribution in [3.63, 3.8) is 0 Å². The van der Waals surface area contributed by atoms with E-state index in [1.165, 1.54) is 32.2 Å². The number of nitrogens with zero attached hydrogens (tertiary/aromatic N) is 2. The Morgan fingerprint density at radius 1 is 1.43 bits per heavy atom. The number of pyridine rings is 1. The average Bonchev–Trinajstić information content (AvgIpc) is 2.43. The van der Waals surface area contributed by atoms with Crippen LogP contribution < -0.4 is 16.6 Å². The molecule has 1 fully saturated rings. The molecule has 9 nitrogen and oxygen atoms in total. The molecular formula is C11H15N5O4S. The van der Waals surface area contributed by atoms with Crippen LogP contribution in [0.3, 0.4) is 0 Å². The van der Waals surface area contributed by atoms with Gasteiger partial charge in [0, 0.05) is 6.20 Å². The minimum atomic E-state index is -4.18. The Bertz CT molecular complexity index is 700. The van der Waals surface area contributed by atoms with Crippen molar-refractivity contribution < 1.29 is 18.0 Å². The number of nitrogens with two attached hydrogens (primary N) is 1. The maximum absolute atomic E-state index is 12.7. The molecule has 0 bridgehead atoms. The van der Waals surface area contributed by atoms with Gasteiger partial charge in [0.2, 0.25) is 11.8 Å². The third kappa shape index (κ3) is 2.48. The first-order chi connectivity index (χ1) is 9.71. The summed E-state index contributed by atoms with van der Waals surface area (Å²) in [5, 5.41) is 1.76. The molecule has 1 aromatic heterocycles. The number of carbonyl (C=O) groups is 2. The van der Waals surface area contributed by atoms with E-state index < -0.39 is 33.9 Å². The molecule has 2 heterocycles. The number of nitrogens with one attached hydrogen (secondary N) is 2. The molecule has 0 unspecified atom stereocenters. The third-order valence-corrected chi connectivity index (χ3v) is 5.16. The molecule has 1 aliphatic heterocycles. The molecule has 2 rings (SSSR count). The van der Waals surface area contributed by atoms with Crippen molar-refractivity contribution in [2.75, 3.05) is 12.0 Å². The molecule has 21 heavy (non-hydrogen) atoms. The summed E-state index contributed by atoms with van der Waals surface area (Å²) in [6.45, 7) is 2.34. The summed E-state index contributed by atoms with van der Waals surface area (Å²) in [6.07, 6.45) is 1.28. The van der Waals surface area contributed by atoms with Gasteiger partial charge in [-0.25, -0.2) is 13.4 Å². The maximum Gasteiger partial charge on any atom is 0.264 e. The van der Waals surface area contributed by atoms with Crippen LogP contribution in [0.2, 0.25) is 0 Å². The van der Waals surface area contributed by atoms with Gasteiger partial charge in [0.25, 0.3) is 10.0 Å². The molecule has 0 spiro atoms. The van der Waals surface area contributed by atoms with Gasteiger partial charge >= 0.3 is 0 Å². The number of anilines is 1. The number of hydrogen-bond acceptors (Lipinski definition) is 7. The van der Waals surface area contributed by atoms with Crippen LogP contribution in [0, 0.1) is 0 Å². The topological polar surface area (TPSA) is 134 Å². The highest BCUT2D eigenvalue weighted by atomic mass is 32.2. The molecule has 1 aromatic rings. The predicted octanol–water partition coefficient (Wildman–Crippen LogP) is -1.21. The summed E-state index contributed by atoms with van der Waals surface area (Å²) < 4.78 is 26.2. The summed E-state index contributed by atoms with van der Waals surface area (Å²) in [4.78, 5) is 27.2. The lowest BCUT2D eigenvalue weighted by atomic mass is 10.0. The van der Waals surface area contributed by atoms with E-state index in [0.717, 1.165) is 4.31 Å². The highest BCUT2D eigenvalue weighted by molar-refractivity contribution is 7.89. The fourth-order valence-electron chi connectivity index (χ4n) is 1.96. The molecule has 0 saturated carbocycles. The quantitative estimate of drug-likeness (QED) is 0.362. The summed E-state index contributed by atoms with van der Waals surface area (Å²) in [7, 11) is -4.18. The van der Waals surface area contributed by atoms with E-state index in [1.54, 1.807) is 0 Å². The van der Waals surface area contributed by atoms with Gasteiger partial charge in [-0.2, -0.15) is 4.31 Å². The number of amides is 2. The van der Waals surface area contributed by atoms with Gasteiger partial charge in [0.15, 0.2) is 5.03 Å². The third-order valence-electron chi connectivity index (χ3n) is 3.18. The average molecular weight is 313 g/mol. The molecule has 0 atom stereocenters. The van der Waals surface area contributed by atoms with E-state index in [9.17, 15) is 18.0 Å². The zero-order valence-electron chi connectivity index (χ0n) is 11.5. The minimum absolute atomic E-state index is 0.0757. The second-order valence-corrected chi connectivity index (χ2v) is 6.73. The number of nitrogen functional groups attached to an aromatic ring is 1. The van der Waals surface area contributed by atoms with E-state index in [-0.39, 0.29) is 10.7 Å². The first kappa shape index (κ1) is 15.4. The first-order valence-electron chi connectivity index (χ1n) is 6.00. The Morgan fingerprint density at radius 3 is 2.71 bits per heavy atom. The van der Waals surface area contributed by atoms with Crippen molar-refractivity contribution in [3.8, 4) is 0 Å². The molecule has 10 heteroatoms. The molecule has 0 aliphatic carbocycles. The monoisotopic (exact) mass is 313 g/mol. The normalized spacial score (nSPS) is 19.2. The van der Waals surface area contributed by atoms with Gasteiger partial charge in [0.05, 0.1) is 12.2 Å². The summed E-state index contributed by atoms with van der Waals surface area (Å²) in [6, 6.07) is 2.94. The van der Waals surface area contributed by atoms with Crippen molar-refractivity contribution in [3.05, 3.63) is 18.3 Å². The van der Waals surface area contributed by atoms with Crippen LogP contribution in [0.15, 0.2) is 23.4 Å². The van der Waals surface area contributed by atoms with Crippen molar-refractivity contribution >= 4 is 27.5 Å². The Labute approximate surface area is 121 Å². The Balaban J connectivity index is 2.57. The molecule has 0 aromatic carbocycles. The van der Waals surface area contributed by atoms with Gasteiger partial charge < -0.3 is 5.43 Å². The number of hydrazine groups is 1. The molecule has 1 aliphatic rings. The van der Waals surface area contributed by atoms with Crippen LogP contribution in [0.4, 0.5) is 5.69 Å². The Morgan fingerprint density at radius 2 is 2.10 bits per heavy atom. The number of sulfonamides is 1. The van der Waals surface area contributed by atoms with Crippen LogP contribution >= 0.6 is 0 Å². The minimum Gasteiger partial charge on any atom is -0.321 e. The fourth-order valence-corrected chi connectivity index (χ4v) is 3.74. The zero-order valence-corrected chi connectivity index (χ0v) is 12.3. The number of hydrogen-bond donors (Lipinski definition) is 3. The molecule has 114 valence electrons. The summed E-state index contributed by atoms with van der Waals surface area (Å²) in [5.41, 5.74) is 0.892. The lowest BCUT2D eigenvalue weighted by Crippen LogP contribution is -2.65. The number of rotatable bonds is 3. The van der Waals surface area contributed by atoms with Gasteiger partial charge in [-0.1, -0.05) is 0 Å². The van der Waals surface area contributed by atoms with E-state index in [2.05, 4.69) is 15.7 Å². The van der Waals surface area contributed by atoms with Crippen LogP contribution in [0.25, 0.3) is 0 Å². The number of piperazine rings is 1. The van der Waals surface area contributed by atoms with Crippen LogP contribution in [0.1, 0.15) is 13.8 Å². The first-order valence-corrected chi connectivity index (χ1v) is 7.44. The van der Waals surface area contributed by atoms with E-state index in [1.807, 2.05) is 0 Å². The smallest absolute Gasteiger partial charge is 0.264 e. The van der Waals surface area contributed by atoms with E-state index in [0.29, 0.717) is 0 Å². The standard InChI is InChI=1S/C11H15N5O4S/c1-11(2)10(18)14-8(17)6-16(11)21(19,20)9-7(15-12)4-3-5-13-9/h3-5,15H,6,12H2,1-2H3,(H,14,17,18). The lowest BCUT2D eigenvalue weighted by Gasteiger charge is -2.38. The van der Waals surface area contributed by atoms with Crippen LogP contribution in [-0.2, 0) is 19.6 Å². The van der Waals surface area contributed by atoms with Crippen molar-refractivity contribution in [1.82, 2.24) is 14.6 Å². The Kier molecular flexibility index (Phi) is 3.70. The van der Waals surface area contributed by atoms with Gasteiger partial charge in [-0.05, 0) is 26.0 Å². The molecule has 0 radical (unpaired) electrons. The summed E-state index contributed by atoms with van der Waals surface area (Å²) in [5.74, 6) is 3.89.